The summed E-state index contributed by atoms with van der Waals surface area (Å²) in [5, 5.41) is 0. The van der Waals surface area contributed by atoms with Crippen molar-refractivity contribution in [3.05, 3.63) is 12.2 Å². The second kappa shape index (κ2) is 9.14. The van der Waals surface area contributed by atoms with E-state index < -0.39 is 0 Å². The number of hydrogen-bond donors (Lipinski definition) is 0. The molecule has 0 N–H and O–H groups in total. The highest BCUT2D eigenvalue weighted by Crippen LogP contribution is 2.40. The molecule has 0 radical (unpaired) electrons. The van der Waals surface area contributed by atoms with Gasteiger partial charge in [-0.15, -0.1) is 0 Å². The van der Waals surface area contributed by atoms with Crippen molar-refractivity contribution in [2.24, 2.45) is 23.7 Å². The molecule has 0 unspecified atom stereocenters. The van der Waals surface area contributed by atoms with Gasteiger partial charge in [0.05, 0.1) is 0 Å². The number of rotatable bonds is 5. The molecule has 126 valence electrons. The van der Waals surface area contributed by atoms with E-state index >= 15 is 0 Å². The van der Waals surface area contributed by atoms with Crippen molar-refractivity contribution >= 4 is 0 Å². The summed E-state index contributed by atoms with van der Waals surface area (Å²) in [6, 6.07) is 0. The first-order valence-electron chi connectivity index (χ1n) is 10.6. The van der Waals surface area contributed by atoms with E-state index in [-0.39, 0.29) is 0 Å². The van der Waals surface area contributed by atoms with E-state index in [1.807, 2.05) is 0 Å². The molecule has 0 bridgehead atoms. The van der Waals surface area contributed by atoms with E-state index in [0.717, 1.165) is 23.7 Å². The summed E-state index contributed by atoms with van der Waals surface area (Å²) in [7, 11) is 0. The average Bonchev–Trinajstić information content (AvgIpc) is 2.61. The summed E-state index contributed by atoms with van der Waals surface area (Å²) >= 11 is 0. The Hall–Kier alpha value is -0.260. The standard InChI is InChI=1S/C22H38/c1-3-9-19(10-4-1)11-7-8-12-20-15-17-22(18-16-20)21-13-5-2-6-14-21/h7,11,19-22H,1-6,8-10,12-18H2/b11-7-. The third-order valence-corrected chi connectivity index (χ3v) is 7.01. The minimum absolute atomic E-state index is 0.927. The second-order valence-electron chi connectivity index (χ2n) is 8.58. The van der Waals surface area contributed by atoms with Crippen molar-refractivity contribution in [3.8, 4) is 0 Å². The lowest BCUT2D eigenvalue weighted by atomic mass is 9.70. The van der Waals surface area contributed by atoms with Gasteiger partial charge in [-0.3, -0.25) is 0 Å². The Labute approximate surface area is 139 Å². The van der Waals surface area contributed by atoms with Gasteiger partial charge in [0.1, 0.15) is 0 Å². The van der Waals surface area contributed by atoms with E-state index in [0.29, 0.717) is 0 Å². The van der Waals surface area contributed by atoms with Crippen molar-refractivity contribution in [2.75, 3.05) is 0 Å². The molecular weight excluding hydrogens is 264 g/mol. The Morgan fingerprint density at radius 2 is 1.18 bits per heavy atom. The molecule has 0 heteroatoms. The topological polar surface area (TPSA) is 0 Å². The summed E-state index contributed by atoms with van der Waals surface area (Å²) in [6.07, 6.45) is 29.1. The Bertz CT molecular complexity index is 309. The third kappa shape index (κ3) is 5.14. The van der Waals surface area contributed by atoms with E-state index in [2.05, 4.69) is 12.2 Å². The zero-order valence-electron chi connectivity index (χ0n) is 14.8. The Morgan fingerprint density at radius 3 is 1.86 bits per heavy atom. The molecule has 22 heavy (non-hydrogen) atoms. The van der Waals surface area contributed by atoms with E-state index in [1.54, 1.807) is 38.5 Å². The molecule has 0 spiro atoms. The van der Waals surface area contributed by atoms with Gasteiger partial charge in [-0.2, -0.15) is 0 Å². The molecule has 0 amide bonds. The smallest absolute Gasteiger partial charge is 0.0234 e. The molecule has 0 atom stereocenters. The molecule has 3 rings (SSSR count). The molecule has 3 saturated carbocycles. The normalized spacial score (nSPS) is 32.5. The maximum atomic E-state index is 2.56. The molecular formula is C22H38. The molecule has 0 aliphatic heterocycles. The van der Waals surface area contributed by atoms with Crippen molar-refractivity contribution in [1.29, 1.82) is 0 Å². The van der Waals surface area contributed by atoms with Gasteiger partial charge in [0.2, 0.25) is 0 Å². The van der Waals surface area contributed by atoms with Crippen LogP contribution in [0.3, 0.4) is 0 Å². The van der Waals surface area contributed by atoms with Crippen LogP contribution in [0.2, 0.25) is 0 Å². The minimum atomic E-state index is 0.927. The van der Waals surface area contributed by atoms with Gasteiger partial charge >= 0.3 is 0 Å². The molecule has 3 fully saturated rings. The summed E-state index contributed by atoms with van der Waals surface area (Å²) in [5.74, 6) is 4.20. The first-order chi connectivity index (χ1) is 10.9. The van der Waals surface area contributed by atoms with Crippen LogP contribution in [0.15, 0.2) is 12.2 Å². The lowest BCUT2D eigenvalue weighted by Gasteiger charge is -2.35. The van der Waals surface area contributed by atoms with Crippen LogP contribution in [-0.2, 0) is 0 Å². The first kappa shape index (κ1) is 16.6. The van der Waals surface area contributed by atoms with Crippen LogP contribution < -0.4 is 0 Å². The highest BCUT2D eigenvalue weighted by molar-refractivity contribution is 4.90. The van der Waals surface area contributed by atoms with Gasteiger partial charge in [0, 0.05) is 0 Å². The molecule has 0 aromatic rings. The van der Waals surface area contributed by atoms with Crippen LogP contribution in [0.4, 0.5) is 0 Å². The highest BCUT2D eigenvalue weighted by atomic mass is 14.3. The van der Waals surface area contributed by atoms with Crippen molar-refractivity contribution in [1.82, 2.24) is 0 Å². The van der Waals surface area contributed by atoms with Crippen molar-refractivity contribution in [3.63, 3.8) is 0 Å². The van der Waals surface area contributed by atoms with Crippen molar-refractivity contribution in [2.45, 2.75) is 103 Å². The van der Waals surface area contributed by atoms with Crippen molar-refractivity contribution < 1.29 is 0 Å². The molecule has 0 nitrogen and oxygen atoms in total. The van der Waals surface area contributed by atoms with E-state index in [1.165, 1.54) is 64.2 Å². The monoisotopic (exact) mass is 302 g/mol. The average molecular weight is 303 g/mol. The van der Waals surface area contributed by atoms with Gasteiger partial charge < -0.3 is 0 Å². The van der Waals surface area contributed by atoms with Crippen LogP contribution in [0.1, 0.15) is 103 Å². The summed E-state index contributed by atoms with van der Waals surface area (Å²) in [4.78, 5) is 0. The number of allylic oxidation sites excluding steroid dienone is 2. The summed E-state index contributed by atoms with van der Waals surface area (Å²) < 4.78 is 0. The van der Waals surface area contributed by atoms with Gasteiger partial charge in [-0.05, 0) is 62.2 Å². The predicted molar refractivity (Wildman–Crippen MR) is 97.0 cm³/mol. The lowest BCUT2D eigenvalue weighted by molar-refractivity contribution is 0.164. The van der Waals surface area contributed by atoms with Crippen LogP contribution in [0.25, 0.3) is 0 Å². The molecule has 0 aromatic carbocycles. The van der Waals surface area contributed by atoms with E-state index in [4.69, 9.17) is 0 Å². The second-order valence-corrected chi connectivity index (χ2v) is 8.58. The quantitative estimate of drug-likeness (QED) is 0.468. The van der Waals surface area contributed by atoms with Crippen LogP contribution in [0.5, 0.6) is 0 Å². The fourth-order valence-electron chi connectivity index (χ4n) is 5.50. The number of hydrogen-bond acceptors (Lipinski definition) is 0. The first-order valence-corrected chi connectivity index (χ1v) is 10.6. The molecule has 3 aliphatic rings. The largest absolute Gasteiger partial charge is 0.0882 e. The van der Waals surface area contributed by atoms with Crippen LogP contribution in [0, 0.1) is 23.7 Å². The highest BCUT2D eigenvalue weighted by Gasteiger charge is 2.28. The van der Waals surface area contributed by atoms with E-state index in [9.17, 15) is 0 Å². The SMILES string of the molecule is C(=C/C1CCCCC1)/CCC1CCC(C2CCCCC2)CC1. The zero-order chi connectivity index (χ0) is 15.0. The van der Waals surface area contributed by atoms with Gasteiger partial charge in [-0.1, -0.05) is 76.4 Å². The molecule has 0 saturated heterocycles. The Kier molecular flexibility index (Phi) is 6.89. The third-order valence-electron chi connectivity index (χ3n) is 7.01. The lowest BCUT2D eigenvalue weighted by Crippen LogP contribution is -2.23. The summed E-state index contributed by atoms with van der Waals surface area (Å²) in [6.45, 7) is 0. The fraction of sp³-hybridized carbons (Fsp3) is 0.909. The van der Waals surface area contributed by atoms with Crippen LogP contribution in [-0.4, -0.2) is 0 Å². The fourth-order valence-corrected chi connectivity index (χ4v) is 5.50. The van der Waals surface area contributed by atoms with Gasteiger partial charge in [-0.25, -0.2) is 0 Å². The molecule has 0 aromatic heterocycles. The Morgan fingerprint density at radius 1 is 0.591 bits per heavy atom. The van der Waals surface area contributed by atoms with Crippen LogP contribution >= 0.6 is 0 Å². The van der Waals surface area contributed by atoms with Gasteiger partial charge in [0.15, 0.2) is 0 Å². The summed E-state index contributed by atoms with van der Waals surface area (Å²) in [5.41, 5.74) is 0. The molecule has 0 heterocycles. The predicted octanol–water partition coefficient (Wildman–Crippen LogP) is 7.29. The maximum Gasteiger partial charge on any atom is -0.0234 e. The maximum absolute atomic E-state index is 2.56. The van der Waals surface area contributed by atoms with Gasteiger partial charge in [0.25, 0.3) is 0 Å². The Balaban J connectivity index is 1.29. The molecule has 3 aliphatic carbocycles. The zero-order valence-corrected chi connectivity index (χ0v) is 14.8. The minimum Gasteiger partial charge on any atom is -0.0882 e.